The van der Waals surface area contributed by atoms with Gasteiger partial charge in [-0.1, -0.05) is 0 Å². The van der Waals surface area contributed by atoms with Crippen LogP contribution < -0.4 is 5.32 Å². The first kappa shape index (κ1) is 8.93. The molecule has 1 fully saturated rings. The second-order valence-corrected chi connectivity index (χ2v) is 3.25. The number of carbonyl (C=O) groups is 1. The Hall–Kier alpha value is -1.65. The summed E-state index contributed by atoms with van der Waals surface area (Å²) in [5.41, 5.74) is 0.884. The molecule has 2 heterocycles. The van der Waals surface area contributed by atoms with Crippen molar-refractivity contribution < 1.29 is 4.79 Å². The van der Waals surface area contributed by atoms with Crippen LogP contribution in [0.3, 0.4) is 0 Å². The van der Waals surface area contributed by atoms with E-state index in [2.05, 4.69) is 15.3 Å². The molecule has 5 heteroatoms. The van der Waals surface area contributed by atoms with E-state index in [1.54, 1.807) is 11.1 Å². The molecule has 1 aromatic rings. The van der Waals surface area contributed by atoms with Gasteiger partial charge >= 0.3 is 6.03 Å². The topological polar surface area (TPSA) is 58.1 Å². The molecule has 14 heavy (non-hydrogen) atoms. The molecule has 0 aromatic carbocycles. The minimum atomic E-state index is -0.0127. The fourth-order valence-electron chi connectivity index (χ4n) is 1.45. The van der Waals surface area contributed by atoms with E-state index in [0.717, 1.165) is 24.6 Å². The summed E-state index contributed by atoms with van der Waals surface area (Å²) >= 11 is 0. The molecule has 2 rings (SSSR count). The van der Waals surface area contributed by atoms with Crippen molar-refractivity contribution in [1.29, 1.82) is 0 Å². The molecule has 1 saturated heterocycles. The van der Waals surface area contributed by atoms with Crippen molar-refractivity contribution in [3.63, 3.8) is 0 Å². The smallest absolute Gasteiger partial charge is 0.317 e. The minimum Gasteiger partial charge on any atom is -0.336 e. The molecular formula is C9H12N4O. The molecule has 5 nitrogen and oxygen atoms in total. The van der Waals surface area contributed by atoms with Gasteiger partial charge in [-0.05, 0) is 13.0 Å². The molecule has 1 aromatic heterocycles. The number of amides is 2. The van der Waals surface area contributed by atoms with Crippen LogP contribution in [0, 0.1) is 6.92 Å². The highest BCUT2D eigenvalue weighted by atomic mass is 16.2. The van der Waals surface area contributed by atoms with Crippen LogP contribution >= 0.6 is 0 Å². The van der Waals surface area contributed by atoms with Crippen LogP contribution in [0.15, 0.2) is 12.3 Å². The number of aryl methyl sites for hydroxylation is 1. The van der Waals surface area contributed by atoms with Crippen LogP contribution in [0.5, 0.6) is 0 Å². The largest absolute Gasteiger partial charge is 0.336 e. The third kappa shape index (κ3) is 1.81. The standard InChI is InChI=1S/C9H12N4O/c1-7-10-3-2-8(12-7)6-13-5-4-11-9(13)14/h2-3H,4-6H2,1H3,(H,11,14). The minimum absolute atomic E-state index is 0.0127. The van der Waals surface area contributed by atoms with Gasteiger partial charge in [0.1, 0.15) is 5.82 Å². The maximum absolute atomic E-state index is 11.2. The van der Waals surface area contributed by atoms with Gasteiger partial charge < -0.3 is 10.2 Å². The van der Waals surface area contributed by atoms with E-state index in [1.165, 1.54) is 0 Å². The summed E-state index contributed by atoms with van der Waals surface area (Å²) in [4.78, 5) is 21.2. The van der Waals surface area contributed by atoms with Gasteiger partial charge in [-0.15, -0.1) is 0 Å². The Labute approximate surface area is 82.2 Å². The molecule has 74 valence electrons. The van der Waals surface area contributed by atoms with Crippen molar-refractivity contribution in [1.82, 2.24) is 20.2 Å². The predicted octanol–water partition coefficient (Wildman–Crippen LogP) is 0.310. The summed E-state index contributed by atoms with van der Waals surface area (Å²) in [5.74, 6) is 0.738. The van der Waals surface area contributed by atoms with Crippen LogP contribution in [0.1, 0.15) is 11.5 Å². The summed E-state index contributed by atoms with van der Waals surface area (Å²) in [6.07, 6.45) is 1.71. The van der Waals surface area contributed by atoms with Crippen LogP contribution in [0.25, 0.3) is 0 Å². The molecule has 0 saturated carbocycles. The SMILES string of the molecule is Cc1nccc(CN2CCNC2=O)n1. The van der Waals surface area contributed by atoms with Gasteiger partial charge in [-0.25, -0.2) is 14.8 Å². The van der Waals surface area contributed by atoms with Crippen LogP contribution in [-0.2, 0) is 6.54 Å². The summed E-state index contributed by atoms with van der Waals surface area (Å²) in [6, 6.07) is 1.82. The fraction of sp³-hybridized carbons (Fsp3) is 0.444. The number of rotatable bonds is 2. The summed E-state index contributed by atoms with van der Waals surface area (Å²) < 4.78 is 0. The first-order chi connectivity index (χ1) is 6.75. The second-order valence-electron chi connectivity index (χ2n) is 3.25. The zero-order chi connectivity index (χ0) is 9.97. The van der Waals surface area contributed by atoms with Crippen molar-refractivity contribution in [3.05, 3.63) is 23.8 Å². The molecule has 0 spiro atoms. The molecule has 0 atom stereocenters. The lowest BCUT2D eigenvalue weighted by Gasteiger charge is -2.12. The van der Waals surface area contributed by atoms with E-state index in [9.17, 15) is 4.79 Å². The van der Waals surface area contributed by atoms with Gasteiger partial charge in [0.15, 0.2) is 0 Å². The number of carbonyl (C=O) groups excluding carboxylic acids is 1. The molecule has 1 N–H and O–H groups in total. The highest BCUT2D eigenvalue weighted by molar-refractivity contribution is 5.76. The number of hydrogen-bond donors (Lipinski definition) is 1. The lowest BCUT2D eigenvalue weighted by atomic mass is 10.3. The maximum atomic E-state index is 11.2. The van der Waals surface area contributed by atoms with Gasteiger partial charge in [0.2, 0.25) is 0 Å². The van der Waals surface area contributed by atoms with Crippen molar-refractivity contribution in [2.45, 2.75) is 13.5 Å². The number of aromatic nitrogens is 2. The maximum Gasteiger partial charge on any atom is 0.317 e. The number of hydrogen-bond acceptors (Lipinski definition) is 3. The van der Waals surface area contributed by atoms with Gasteiger partial charge in [-0.2, -0.15) is 0 Å². The molecule has 2 amide bonds. The Balaban J connectivity index is 2.07. The van der Waals surface area contributed by atoms with E-state index < -0.39 is 0 Å². The molecule has 0 aliphatic carbocycles. The fourth-order valence-corrected chi connectivity index (χ4v) is 1.45. The van der Waals surface area contributed by atoms with Gasteiger partial charge in [-0.3, -0.25) is 0 Å². The Morgan fingerprint density at radius 2 is 2.50 bits per heavy atom. The van der Waals surface area contributed by atoms with E-state index in [-0.39, 0.29) is 6.03 Å². The second kappa shape index (κ2) is 3.61. The van der Waals surface area contributed by atoms with Crippen molar-refractivity contribution in [3.8, 4) is 0 Å². The van der Waals surface area contributed by atoms with Crippen LogP contribution in [-0.4, -0.2) is 34.0 Å². The number of nitrogens with one attached hydrogen (secondary N) is 1. The Morgan fingerprint density at radius 1 is 1.64 bits per heavy atom. The molecule has 0 bridgehead atoms. The van der Waals surface area contributed by atoms with Gasteiger partial charge in [0.25, 0.3) is 0 Å². The first-order valence-corrected chi connectivity index (χ1v) is 4.57. The summed E-state index contributed by atoms with van der Waals surface area (Å²) in [6.45, 7) is 3.88. The van der Waals surface area contributed by atoms with E-state index in [0.29, 0.717) is 6.54 Å². The quantitative estimate of drug-likeness (QED) is 0.733. The highest BCUT2D eigenvalue weighted by Crippen LogP contribution is 2.04. The van der Waals surface area contributed by atoms with E-state index >= 15 is 0 Å². The van der Waals surface area contributed by atoms with Gasteiger partial charge in [0, 0.05) is 19.3 Å². The van der Waals surface area contributed by atoms with E-state index in [1.807, 2.05) is 13.0 Å². The molecular weight excluding hydrogens is 180 g/mol. The monoisotopic (exact) mass is 192 g/mol. The highest BCUT2D eigenvalue weighted by Gasteiger charge is 2.19. The van der Waals surface area contributed by atoms with Crippen LogP contribution in [0.2, 0.25) is 0 Å². The summed E-state index contributed by atoms with van der Waals surface area (Å²) in [5, 5.41) is 2.75. The Morgan fingerprint density at radius 3 is 3.14 bits per heavy atom. The third-order valence-electron chi connectivity index (χ3n) is 2.13. The third-order valence-corrected chi connectivity index (χ3v) is 2.13. The zero-order valence-corrected chi connectivity index (χ0v) is 8.03. The Kier molecular flexibility index (Phi) is 2.30. The zero-order valence-electron chi connectivity index (χ0n) is 8.03. The van der Waals surface area contributed by atoms with Crippen LogP contribution in [0.4, 0.5) is 4.79 Å². The van der Waals surface area contributed by atoms with Crippen molar-refractivity contribution >= 4 is 6.03 Å². The van der Waals surface area contributed by atoms with E-state index in [4.69, 9.17) is 0 Å². The lowest BCUT2D eigenvalue weighted by molar-refractivity contribution is 0.215. The lowest BCUT2D eigenvalue weighted by Crippen LogP contribution is -2.28. The Bertz CT molecular complexity index is 352. The molecule has 1 aliphatic heterocycles. The molecule has 0 unspecified atom stereocenters. The molecule has 0 radical (unpaired) electrons. The number of urea groups is 1. The average molecular weight is 192 g/mol. The van der Waals surface area contributed by atoms with Gasteiger partial charge in [0.05, 0.1) is 12.2 Å². The predicted molar refractivity (Wildman–Crippen MR) is 50.6 cm³/mol. The normalized spacial score (nSPS) is 15.8. The summed E-state index contributed by atoms with van der Waals surface area (Å²) in [7, 11) is 0. The van der Waals surface area contributed by atoms with Crippen molar-refractivity contribution in [2.24, 2.45) is 0 Å². The first-order valence-electron chi connectivity index (χ1n) is 4.57. The van der Waals surface area contributed by atoms with Crippen molar-refractivity contribution in [2.75, 3.05) is 13.1 Å². The average Bonchev–Trinajstić information content (AvgIpc) is 2.52. The molecule has 1 aliphatic rings. The number of nitrogens with zero attached hydrogens (tertiary/aromatic N) is 3.